The monoisotopic (exact) mass is 189 g/mol. The summed E-state index contributed by atoms with van der Waals surface area (Å²) in [5.74, 6) is -0.0475. The Morgan fingerprint density at radius 1 is 1.36 bits per heavy atom. The summed E-state index contributed by atoms with van der Waals surface area (Å²) < 4.78 is 0. The summed E-state index contributed by atoms with van der Waals surface area (Å²) in [6, 6.07) is 7.83. The van der Waals surface area contributed by atoms with E-state index < -0.39 is 0 Å². The number of amides is 1. The highest BCUT2D eigenvalue weighted by Crippen LogP contribution is 2.16. The van der Waals surface area contributed by atoms with Gasteiger partial charge in [-0.1, -0.05) is 24.3 Å². The third kappa shape index (κ3) is 1.54. The number of hydroxylamine groups is 2. The van der Waals surface area contributed by atoms with Crippen molar-refractivity contribution < 1.29 is 9.63 Å². The number of hydrogen-bond acceptors (Lipinski definition) is 2. The first-order chi connectivity index (χ1) is 6.81. The van der Waals surface area contributed by atoms with Crippen LogP contribution >= 0.6 is 0 Å². The Morgan fingerprint density at radius 3 is 2.93 bits per heavy atom. The van der Waals surface area contributed by atoms with Gasteiger partial charge in [-0.05, 0) is 17.2 Å². The van der Waals surface area contributed by atoms with E-state index in [1.807, 2.05) is 30.3 Å². The van der Waals surface area contributed by atoms with E-state index in [0.717, 1.165) is 11.1 Å². The summed E-state index contributed by atoms with van der Waals surface area (Å²) in [6.07, 6.45) is 3.91. The topological polar surface area (TPSA) is 29.5 Å². The molecular formula is C11H11NO2. The third-order valence-electron chi connectivity index (χ3n) is 2.23. The van der Waals surface area contributed by atoms with Crippen LogP contribution in [-0.4, -0.2) is 18.1 Å². The lowest BCUT2D eigenvalue weighted by Crippen LogP contribution is -2.24. The maximum absolute atomic E-state index is 11.6. The van der Waals surface area contributed by atoms with E-state index in [1.54, 1.807) is 6.20 Å². The van der Waals surface area contributed by atoms with Gasteiger partial charge >= 0.3 is 0 Å². The summed E-state index contributed by atoms with van der Waals surface area (Å²) in [6.45, 7) is 0. The van der Waals surface area contributed by atoms with Crippen LogP contribution in [0, 0.1) is 0 Å². The molecule has 0 radical (unpaired) electrons. The molecule has 3 nitrogen and oxygen atoms in total. The minimum Gasteiger partial charge on any atom is -0.272 e. The molecule has 0 saturated carbocycles. The van der Waals surface area contributed by atoms with Gasteiger partial charge in [0.2, 0.25) is 0 Å². The Balaban J connectivity index is 2.39. The second kappa shape index (κ2) is 3.64. The fraction of sp³-hybridized carbons (Fsp3) is 0.182. The third-order valence-corrected chi connectivity index (χ3v) is 2.23. The Bertz CT molecular complexity index is 385. The van der Waals surface area contributed by atoms with E-state index in [9.17, 15) is 4.79 Å². The molecule has 1 aliphatic heterocycles. The van der Waals surface area contributed by atoms with Crippen molar-refractivity contribution in [1.29, 1.82) is 0 Å². The fourth-order valence-electron chi connectivity index (χ4n) is 1.49. The molecule has 0 bridgehead atoms. The van der Waals surface area contributed by atoms with Gasteiger partial charge in [-0.2, -0.15) is 5.06 Å². The number of carbonyl (C=O) groups is 1. The van der Waals surface area contributed by atoms with Gasteiger partial charge in [-0.25, -0.2) is 0 Å². The van der Waals surface area contributed by atoms with E-state index >= 15 is 0 Å². The molecule has 0 fully saturated rings. The van der Waals surface area contributed by atoms with E-state index in [1.165, 1.54) is 12.2 Å². The largest absolute Gasteiger partial charge is 0.272 e. The summed E-state index contributed by atoms with van der Waals surface area (Å²) in [5, 5.41) is 1.25. The van der Waals surface area contributed by atoms with E-state index in [0.29, 0.717) is 6.42 Å². The lowest BCUT2D eigenvalue weighted by atomic mass is 10.1. The second-order valence-electron chi connectivity index (χ2n) is 3.09. The highest BCUT2D eigenvalue weighted by atomic mass is 16.7. The molecule has 1 aromatic carbocycles. The molecule has 2 rings (SSSR count). The standard InChI is InChI=1S/C11H11NO2/c1-14-12-7-6-9-4-2-3-5-10(9)8-11(12)13/h2-7H,8H2,1H3. The number of carbonyl (C=O) groups excluding carboxylic acids is 1. The average Bonchev–Trinajstić information content (AvgIpc) is 2.36. The van der Waals surface area contributed by atoms with Crippen LogP contribution in [0.15, 0.2) is 30.5 Å². The van der Waals surface area contributed by atoms with Gasteiger partial charge in [-0.15, -0.1) is 0 Å². The van der Waals surface area contributed by atoms with Crippen molar-refractivity contribution in [3.8, 4) is 0 Å². The van der Waals surface area contributed by atoms with Crippen molar-refractivity contribution >= 4 is 12.0 Å². The molecule has 0 saturated heterocycles. The maximum Gasteiger partial charge on any atom is 0.254 e. The first-order valence-corrected chi connectivity index (χ1v) is 4.43. The highest BCUT2D eigenvalue weighted by Gasteiger charge is 2.15. The Kier molecular flexibility index (Phi) is 2.33. The molecule has 14 heavy (non-hydrogen) atoms. The Hall–Kier alpha value is -1.61. The number of hydrogen-bond donors (Lipinski definition) is 0. The molecule has 0 unspecified atom stereocenters. The van der Waals surface area contributed by atoms with Crippen molar-refractivity contribution in [3.63, 3.8) is 0 Å². The van der Waals surface area contributed by atoms with Crippen LogP contribution < -0.4 is 0 Å². The number of rotatable bonds is 1. The van der Waals surface area contributed by atoms with Crippen LogP contribution in [0.5, 0.6) is 0 Å². The molecule has 0 aliphatic carbocycles. The van der Waals surface area contributed by atoms with Gasteiger partial charge in [0.1, 0.15) is 0 Å². The van der Waals surface area contributed by atoms with E-state index in [4.69, 9.17) is 4.84 Å². The molecule has 1 aromatic rings. The minimum atomic E-state index is -0.0475. The van der Waals surface area contributed by atoms with Crippen molar-refractivity contribution in [3.05, 3.63) is 41.6 Å². The first kappa shape index (κ1) is 8.97. The molecule has 0 aromatic heterocycles. The van der Waals surface area contributed by atoms with Crippen LogP contribution in [-0.2, 0) is 16.1 Å². The fourth-order valence-corrected chi connectivity index (χ4v) is 1.49. The second-order valence-corrected chi connectivity index (χ2v) is 3.09. The quantitative estimate of drug-likeness (QED) is 0.671. The van der Waals surface area contributed by atoms with Crippen molar-refractivity contribution in [2.75, 3.05) is 7.11 Å². The summed E-state index contributed by atoms with van der Waals surface area (Å²) in [4.78, 5) is 16.5. The average molecular weight is 189 g/mol. The zero-order chi connectivity index (χ0) is 9.97. The van der Waals surface area contributed by atoms with Crippen LogP contribution in [0.1, 0.15) is 11.1 Å². The van der Waals surface area contributed by atoms with Crippen molar-refractivity contribution in [2.45, 2.75) is 6.42 Å². The zero-order valence-electron chi connectivity index (χ0n) is 7.93. The predicted molar refractivity (Wildman–Crippen MR) is 53.0 cm³/mol. The van der Waals surface area contributed by atoms with E-state index in [2.05, 4.69) is 0 Å². The number of fused-ring (bicyclic) bond motifs is 1. The normalized spacial score (nSPS) is 15.2. The predicted octanol–water partition coefficient (Wildman–Crippen LogP) is 1.60. The van der Waals surface area contributed by atoms with Gasteiger partial charge in [0, 0.05) is 6.20 Å². The SMILES string of the molecule is CON1C=Cc2ccccc2CC1=O. The lowest BCUT2D eigenvalue weighted by molar-refractivity contribution is -0.160. The van der Waals surface area contributed by atoms with Gasteiger partial charge in [-0.3, -0.25) is 9.63 Å². The molecule has 1 aliphatic rings. The lowest BCUT2D eigenvalue weighted by Gasteiger charge is -2.12. The van der Waals surface area contributed by atoms with Crippen molar-refractivity contribution in [2.24, 2.45) is 0 Å². The molecule has 0 spiro atoms. The van der Waals surface area contributed by atoms with Crippen LogP contribution in [0.2, 0.25) is 0 Å². The van der Waals surface area contributed by atoms with Crippen molar-refractivity contribution in [1.82, 2.24) is 5.06 Å². The molecular weight excluding hydrogens is 178 g/mol. The van der Waals surface area contributed by atoms with Crippen LogP contribution in [0.3, 0.4) is 0 Å². The molecule has 72 valence electrons. The molecule has 1 amide bonds. The van der Waals surface area contributed by atoms with Crippen LogP contribution in [0.4, 0.5) is 0 Å². The summed E-state index contributed by atoms with van der Waals surface area (Å²) >= 11 is 0. The Labute approximate surface area is 82.5 Å². The maximum atomic E-state index is 11.6. The number of benzene rings is 1. The molecule has 3 heteroatoms. The van der Waals surface area contributed by atoms with Gasteiger partial charge in [0.15, 0.2) is 0 Å². The molecule has 1 heterocycles. The van der Waals surface area contributed by atoms with E-state index in [-0.39, 0.29) is 5.91 Å². The van der Waals surface area contributed by atoms with Gasteiger partial charge in [0.25, 0.3) is 5.91 Å². The number of nitrogens with zero attached hydrogens (tertiary/aromatic N) is 1. The molecule has 0 N–H and O–H groups in total. The zero-order valence-corrected chi connectivity index (χ0v) is 7.93. The molecule has 0 atom stereocenters. The van der Waals surface area contributed by atoms with Gasteiger partial charge < -0.3 is 0 Å². The van der Waals surface area contributed by atoms with Crippen LogP contribution in [0.25, 0.3) is 6.08 Å². The smallest absolute Gasteiger partial charge is 0.254 e. The van der Waals surface area contributed by atoms with Gasteiger partial charge in [0.05, 0.1) is 13.5 Å². The first-order valence-electron chi connectivity index (χ1n) is 4.43. The minimum absolute atomic E-state index is 0.0475. The highest BCUT2D eigenvalue weighted by molar-refractivity contribution is 5.82. The summed E-state index contributed by atoms with van der Waals surface area (Å²) in [7, 11) is 1.48. The summed E-state index contributed by atoms with van der Waals surface area (Å²) in [5.41, 5.74) is 2.11. The Morgan fingerprint density at radius 2 is 2.14 bits per heavy atom.